The third kappa shape index (κ3) is 5.07. The Labute approximate surface area is 217 Å². The lowest BCUT2D eigenvalue weighted by molar-refractivity contribution is -0.139. The van der Waals surface area contributed by atoms with Gasteiger partial charge in [0, 0.05) is 15.9 Å². The van der Waals surface area contributed by atoms with Crippen LogP contribution in [0.15, 0.2) is 95.9 Å². The zero-order valence-corrected chi connectivity index (χ0v) is 21.8. The number of ether oxygens (including phenoxy) is 2. The van der Waals surface area contributed by atoms with Gasteiger partial charge in [0.1, 0.15) is 16.4 Å². The van der Waals surface area contributed by atoms with Crippen LogP contribution in [-0.2, 0) is 20.9 Å². The topological polar surface area (TPSA) is 89.9 Å². The van der Waals surface area contributed by atoms with Crippen molar-refractivity contribution in [1.29, 1.82) is 0 Å². The summed E-state index contributed by atoms with van der Waals surface area (Å²) in [5.74, 6) is 0.979. The lowest BCUT2D eigenvalue weighted by atomic mass is 9.99. The van der Waals surface area contributed by atoms with Gasteiger partial charge >= 0.3 is 6.18 Å². The van der Waals surface area contributed by atoms with E-state index in [0.717, 1.165) is 12.1 Å². The van der Waals surface area contributed by atoms with Crippen molar-refractivity contribution in [1.82, 2.24) is 0 Å². The van der Waals surface area contributed by atoms with E-state index in [-0.39, 0.29) is 10.9 Å². The maximum atomic E-state index is 15.1. The summed E-state index contributed by atoms with van der Waals surface area (Å²) in [5, 5.41) is 0.680. The van der Waals surface area contributed by atoms with Gasteiger partial charge in [0.15, 0.2) is 7.14 Å². The molecule has 1 N–H and O–H groups in total. The first kappa shape index (κ1) is 27.4. The van der Waals surface area contributed by atoms with Gasteiger partial charge in [-0.05, 0) is 65.7 Å². The minimum absolute atomic E-state index is 0.0494. The predicted molar refractivity (Wildman–Crippen MR) is 139 cm³/mol. The van der Waals surface area contributed by atoms with Crippen molar-refractivity contribution in [2.24, 2.45) is 0 Å². The predicted octanol–water partition coefficient (Wildman–Crippen LogP) is 5.28. The number of alkyl halides is 3. The first-order valence-corrected chi connectivity index (χ1v) is 14.2. The van der Waals surface area contributed by atoms with Crippen molar-refractivity contribution in [3.05, 3.63) is 96.6 Å². The third-order valence-electron chi connectivity index (χ3n) is 5.99. The molecule has 0 saturated heterocycles. The molecule has 0 radical (unpaired) electrons. The van der Waals surface area contributed by atoms with Crippen LogP contribution >= 0.6 is 7.14 Å². The van der Waals surface area contributed by atoms with Gasteiger partial charge in [-0.2, -0.15) is 21.6 Å². The number of hydrogen-bond donors (Lipinski definition) is 1. The smallest absolute Gasteiger partial charge is 0.418 e. The molecular formula is C27H22F3O6PS. The van der Waals surface area contributed by atoms with Gasteiger partial charge < -0.3 is 14.0 Å². The van der Waals surface area contributed by atoms with Crippen molar-refractivity contribution >= 4 is 33.2 Å². The molecule has 4 aromatic carbocycles. The lowest BCUT2D eigenvalue weighted by Crippen LogP contribution is -2.27. The Bertz CT molecular complexity index is 1560. The van der Waals surface area contributed by atoms with Crippen LogP contribution in [0.1, 0.15) is 5.56 Å². The molecule has 0 aliphatic heterocycles. The zero-order chi connectivity index (χ0) is 27.7. The fraction of sp³-hybridized carbons (Fsp3) is 0.111. The SMILES string of the molecule is COc1ccc(P(=O)(c2ccc(OC)cc2)c2ccccc2-c2cccc(S(=O)(=O)O)c2C(F)(F)F)cc1. The number of methoxy groups -OCH3 is 2. The average Bonchev–Trinajstić information content (AvgIpc) is 2.91. The summed E-state index contributed by atoms with van der Waals surface area (Å²) in [7, 11) is -6.16. The van der Waals surface area contributed by atoms with Crippen LogP contribution in [0.3, 0.4) is 0 Å². The molecule has 0 saturated carbocycles. The van der Waals surface area contributed by atoms with Gasteiger partial charge in [-0.3, -0.25) is 4.55 Å². The highest BCUT2D eigenvalue weighted by molar-refractivity contribution is 7.86. The van der Waals surface area contributed by atoms with E-state index in [1.807, 2.05) is 0 Å². The van der Waals surface area contributed by atoms with Crippen LogP contribution < -0.4 is 25.4 Å². The molecule has 0 bridgehead atoms. The van der Waals surface area contributed by atoms with E-state index in [1.54, 1.807) is 54.6 Å². The van der Waals surface area contributed by atoms with Crippen molar-refractivity contribution in [3.8, 4) is 22.6 Å². The highest BCUT2D eigenvalue weighted by Gasteiger charge is 2.41. The summed E-state index contributed by atoms with van der Waals surface area (Å²) < 4.78 is 102. The molecule has 0 fully saturated rings. The largest absolute Gasteiger partial charge is 0.497 e. The van der Waals surface area contributed by atoms with Gasteiger partial charge in [-0.25, -0.2) is 0 Å². The number of halogens is 3. The molecule has 198 valence electrons. The van der Waals surface area contributed by atoms with Crippen LogP contribution in [0, 0.1) is 0 Å². The highest BCUT2D eigenvalue weighted by Crippen LogP contribution is 2.48. The molecular weight excluding hydrogens is 540 g/mol. The Morgan fingerprint density at radius 3 is 1.63 bits per heavy atom. The standard InChI is InChI=1S/C27H22F3O6PS/c1-35-18-10-14-20(15-11-18)37(31,21-16-12-19(36-2)13-17-21)24-8-4-3-6-22(24)23-7-5-9-25(38(32,33)34)26(23)27(28,29)30/h3-17H,1-2H3,(H,32,33,34). The number of rotatable bonds is 7. The molecule has 0 aliphatic carbocycles. The average molecular weight is 563 g/mol. The van der Waals surface area contributed by atoms with Crippen molar-refractivity contribution < 1.29 is 40.2 Å². The second-order valence-corrected chi connectivity index (χ2v) is 12.3. The van der Waals surface area contributed by atoms with E-state index in [4.69, 9.17) is 9.47 Å². The molecule has 11 heteroatoms. The van der Waals surface area contributed by atoms with Crippen LogP contribution in [-0.4, -0.2) is 27.2 Å². The molecule has 0 heterocycles. The van der Waals surface area contributed by atoms with Crippen LogP contribution in [0.25, 0.3) is 11.1 Å². The summed E-state index contributed by atoms with van der Waals surface area (Å²) in [6, 6.07) is 21.3. The van der Waals surface area contributed by atoms with E-state index >= 15 is 4.57 Å². The van der Waals surface area contributed by atoms with Gasteiger partial charge in [-0.15, -0.1) is 0 Å². The highest BCUT2D eigenvalue weighted by atomic mass is 32.2. The summed E-state index contributed by atoms with van der Waals surface area (Å²) >= 11 is 0. The van der Waals surface area contributed by atoms with E-state index in [2.05, 4.69) is 0 Å². The summed E-state index contributed by atoms with van der Waals surface area (Å²) in [4.78, 5) is -1.29. The van der Waals surface area contributed by atoms with Gasteiger partial charge in [-0.1, -0.05) is 36.4 Å². The summed E-state index contributed by atoms with van der Waals surface area (Å²) in [5.41, 5.74) is -2.18. The Morgan fingerprint density at radius 2 is 1.18 bits per heavy atom. The normalized spacial score (nSPS) is 12.3. The van der Waals surface area contributed by atoms with Crippen LogP contribution in [0.4, 0.5) is 13.2 Å². The second-order valence-electron chi connectivity index (χ2n) is 8.17. The van der Waals surface area contributed by atoms with Crippen molar-refractivity contribution in [2.75, 3.05) is 14.2 Å². The molecule has 0 spiro atoms. The zero-order valence-electron chi connectivity index (χ0n) is 20.1. The van der Waals surface area contributed by atoms with Gasteiger partial charge in [0.05, 0.1) is 19.8 Å². The van der Waals surface area contributed by atoms with Crippen LogP contribution in [0.5, 0.6) is 11.5 Å². The fourth-order valence-electron chi connectivity index (χ4n) is 4.25. The van der Waals surface area contributed by atoms with Gasteiger partial charge in [0.25, 0.3) is 10.1 Å². The molecule has 4 aromatic rings. The Hall–Kier alpha value is -3.59. The van der Waals surface area contributed by atoms with Crippen molar-refractivity contribution in [2.45, 2.75) is 11.1 Å². The van der Waals surface area contributed by atoms with Crippen molar-refractivity contribution in [3.63, 3.8) is 0 Å². The fourth-order valence-corrected chi connectivity index (χ4v) is 7.81. The quantitative estimate of drug-likeness (QED) is 0.244. The first-order chi connectivity index (χ1) is 17.9. The molecule has 0 aromatic heterocycles. The monoisotopic (exact) mass is 562 g/mol. The van der Waals surface area contributed by atoms with E-state index in [0.29, 0.717) is 28.2 Å². The Balaban J connectivity index is 2.10. The maximum Gasteiger partial charge on any atom is 0.418 e. The number of benzene rings is 4. The molecule has 38 heavy (non-hydrogen) atoms. The van der Waals surface area contributed by atoms with Gasteiger partial charge in [0.2, 0.25) is 0 Å². The second kappa shape index (κ2) is 10.3. The minimum Gasteiger partial charge on any atom is -0.497 e. The first-order valence-electron chi connectivity index (χ1n) is 11.1. The van der Waals surface area contributed by atoms with E-state index in [9.17, 15) is 26.1 Å². The molecule has 0 atom stereocenters. The molecule has 4 rings (SSSR count). The van der Waals surface area contributed by atoms with Crippen LogP contribution in [0.2, 0.25) is 0 Å². The summed E-state index contributed by atoms with van der Waals surface area (Å²) in [6.07, 6.45) is -5.15. The molecule has 6 nitrogen and oxygen atoms in total. The van der Waals surface area contributed by atoms with E-state index < -0.39 is 39.5 Å². The molecule has 0 aliphatic rings. The Morgan fingerprint density at radius 1 is 0.711 bits per heavy atom. The maximum absolute atomic E-state index is 15.1. The lowest BCUT2D eigenvalue weighted by Gasteiger charge is -2.25. The summed E-state index contributed by atoms with van der Waals surface area (Å²) in [6.45, 7) is 0. The van der Waals surface area contributed by atoms with E-state index in [1.165, 1.54) is 32.4 Å². The Kier molecular flexibility index (Phi) is 7.43. The number of hydrogen-bond acceptors (Lipinski definition) is 5. The molecule has 0 amide bonds. The molecule has 0 unspecified atom stereocenters. The third-order valence-corrected chi connectivity index (χ3v) is 10.0. The minimum atomic E-state index is -5.23.